The molecule has 3 rings (SSSR count). The number of nitrogens with one attached hydrogen (secondary N) is 2. The number of carboxylic acids is 1. The summed E-state index contributed by atoms with van der Waals surface area (Å²) in [5, 5.41) is 18.7. The number of rotatable bonds is 5. The van der Waals surface area contributed by atoms with Gasteiger partial charge in [0, 0.05) is 17.3 Å². The molecule has 3 aromatic rings. The van der Waals surface area contributed by atoms with Crippen LogP contribution in [0.3, 0.4) is 0 Å². The SMILES string of the molecule is CC(NC(=O)c1ccc(-c2cn[nH]c2)c(C(=O)O)c1)c1ccc(F)cc1. The quantitative estimate of drug-likeness (QED) is 0.655. The first kappa shape index (κ1) is 17.3. The summed E-state index contributed by atoms with van der Waals surface area (Å²) in [7, 11) is 0. The summed E-state index contributed by atoms with van der Waals surface area (Å²) in [5.74, 6) is -1.90. The van der Waals surface area contributed by atoms with Gasteiger partial charge in [0.25, 0.3) is 5.91 Å². The smallest absolute Gasteiger partial charge is 0.336 e. The van der Waals surface area contributed by atoms with Crippen molar-refractivity contribution in [3.05, 3.63) is 77.4 Å². The fraction of sp³-hybridized carbons (Fsp3) is 0.105. The number of benzene rings is 2. The molecule has 0 aliphatic rings. The molecule has 0 aliphatic heterocycles. The lowest BCUT2D eigenvalue weighted by Gasteiger charge is -2.15. The fourth-order valence-corrected chi connectivity index (χ4v) is 2.63. The van der Waals surface area contributed by atoms with Gasteiger partial charge in [-0.05, 0) is 42.3 Å². The molecule has 2 aromatic carbocycles. The molecule has 0 fully saturated rings. The van der Waals surface area contributed by atoms with Crippen LogP contribution >= 0.6 is 0 Å². The molecule has 0 aliphatic carbocycles. The van der Waals surface area contributed by atoms with Gasteiger partial charge in [0.2, 0.25) is 0 Å². The molecule has 132 valence electrons. The number of amides is 1. The van der Waals surface area contributed by atoms with Gasteiger partial charge in [0.1, 0.15) is 5.82 Å². The summed E-state index contributed by atoms with van der Waals surface area (Å²) < 4.78 is 13.0. The first-order chi connectivity index (χ1) is 12.5. The molecule has 0 spiro atoms. The van der Waals surface area contributed by atoms with Gasteiger partial charge < -0.3 is 10.4 Å². The molecule has 0 saturated heterocycles. The Balaban J connectivity index is 1.84. The number of aromatic carboxylic acids is 1. The molecule has 1 aromatic heterocycles. The van der Waals surface area contributed by atoms with Gasteiger partial charge in [0.05, 0.1) is 17.8 Å². The average Bonchev–Trinajstić information content (AvgIpc) is 3.16. The minimum atomic E-state index is -1.14. The second-order valence-electron chi connectivity index (χ2n) is 5.80. The van der Waals surface area contributed by atoms with Crippen molar-refractivity contribution in [1.82, 2.24) is 15.5 Å². The van der Waals surface area contributed by atoms with Gasteiger partial charge in [-0.15, -0.1) is 0 Å². The Morgan fingerprint density at radius 2 is 1.92 bits per heavy atom. The van der Waals surface area contributed by atoms with Crippen LogP contribution in [-0.2, 0) is 0 Å². The van der Waals surface area contributed by atoms with Gasteiger partial charge in [-0.2, -0.15) is 5.10 Å². The number of aromatic amines is 1. The van der Waals surface area contributed by atoms with E-state index in [1.807, 2.05) is 0 Å². The lowest BCUT2D eigenvalue weighted by Crippen LogP contribution is -2.26. The number of hydrogen-bond donors (Lipinski definition) is 3. The molecule has 3 N–H and O–H groups in total. The van der Waals surface area contributed by atoms with Crippen molar-refractivity contribution >= 4 is 11.9 Å². The zero-order chi connectivity index (χ0) is 18.7. The van der Waals surface area contributed by atoms with E-state index in [2.05, 4.69) is 15.5 Å². The Hall–Kier alpha value is -3.48. The van der Waals surface area contributed by atoms with Crippen molar-refractivity contribution in [2.24, 2.45) is 0 Å². The van der Waals surface area contributed by atoms with Crippen LogP contribution in [0.5, 0.6) is 0 Å². The first-order valence-electron chi connectivity index (χ1n) is 7.88. The first-order valence-corrected chi connectivity index (χ1v) is 7.88. The van der Waals surface area contributed by atoms with Crippen molar-refractivity contribution in [1.29, 1.82) is 0 Å². The third-order valence-corrected chi connectivity index (χ3v) is 4.04. The highest BCUT2D eigenvalue weighted by Crippen LogP contribution is 2.24. The van der Waals surface area contributed by atoms with Crippen LogP contribution in [0.4, 0.5) is 4.39 Å². The number of carbonyl (C=O) groups excluding carboxylic acids is 1. The van der Waals surface area contributed by atoms with Gasteiger partial charge in [-0.25, -0.2) is 9.18 Å². The molecule has 1 atom stereocenters. The summed E-state index contributed by atoms with van der Waals surface area (Å²) in [4.78, 5) is 24.0. The Morgan fingerprint density at radius 3 is 2.54 bits per heavy atom. The van der Waals surface area contributed by atoms with E-state index < -0.39 is 11.9 Å². The second-order valence-corrected chi connectivity index (χ2v) is 5.80. The Kier molecular flexibility index (Phi) is 4.79. The van der Waals surface area contributed by atoms with Crippen LogP contribution < -0.4 is 5.32 Å². The number of aromatic nitrogens is 2. The highest BCUT2D eigenvalue weighted by Gasteiger charge is 2.17. The summed E-state index contributed by atoms with van der Waals surface area (Å²) in [5.41, 5.74) is 2.06. The standard InChI is InChI=1S/C19H16FN3O3/c1-11(12-2-5-15(20)6-3-12)23-18(24)13-4-7-16(14-9-21-22-10-14)17(8-13)19(25)26/h2-11H,1H3,(H,21,22)(H,23,24)(H,25,26). The number of halogens is 1. The van der Waals surface area contributed by atoms with E-state index in [1.54, 1.807) is 37.4 Å². The van der Waals surface area contributed by atoms with Crippen LogP contribution in [0.1, 0.15) is 39.2 Å². The zero-order valence-electron chi connectivity index (χ0n) is 13.9. The van der Waals surface area contributed by atoms with Crippen LogP contribution in [-0.4, -0.2) is 27.2 Å². The van der Waals surface area contributed by atoms with Gasteiger partial charge in [-0.3, -0.25) is 9.89 Å². The van der Waals surface area contributed by atoms with Gasteiger partial charge >= 0.3 is 5.97 Å². The molecule has 0 radical (unpaired) electrons. The molecule has 7 heteroatoms. The number of H-pyrrole nitrogens is 1. The van der Waals surface area contributed by atoms with Crippen molar-refractivity contribution in [3.63, 3.8) is 0 Å². The Labute approximate surface area is 148 Å². The fourth-order valence-electron chi connectivity index (χ4n) is 2.63. The predicted octanol–water partition coefficient (Wildman–Crippen LogP) is 3.41. The molecular weight excluding hydrogens is 337 g/mol. The van der Waals surface area contributed by atoms with E-state index in [-0.39, 0.29) is 23.0 Å². The average molecular weight is 353 g/mol. The predicted molar refractivity (Wildman–Crippen MR) is 93.3 cm³/mol. The molecule has 1 unspecified atom stereocenters. The number of carboxylic acid groups (broad SMARTS) is 1. The summed E-state index contributed by atoms with van der Waals surface area (Å²) in [6, 6.07) is 9.92. The molecule has 1 heterocycles. The van der Waals surface area contributed by atoms with E-state index in [9.17, 15) is 19.1 Å². The minimum Gasteiger partial charge on any atom is -0.478 e. The molecular formula is C19H16FN3O3. The normalized spacial score (nSPS) is 11.8. The molecule has 0 saturated carbocycles. The number of carbonyl (C=O) groups is 2. The van der Waals surface area contributed by atoms with E-state index >= 15 is 0 Å². The Morgan fingerprint density at radius 1 is 1.19 bits per heavy atom. The lowest BCUT2D eigenvalue weighted by molar-refractivity contribution is 0.0697. The van der Waals surface area contributed by atoms with Crippen LogP contribution in [0.15, 0.2) is 54.9 Å². The molecule has 1 amide bonds. The van der Waals surface area contributed by atoms with Crippen molar-refractivity contribution in [2.75, 3.05) is 0 Å². The van der Waals surface area contributed by atoms with E-state index in [1.165, 1.54) is 24.4 Å². The third kappa shape index (κ3) is 3.61. The van der Waals surface area contributed by atoms with Gasteiger partial charge in [0.15, 0.2) is 0 Å². The monoisotopic (exact) mass is 353 g/mol. The van der Waals surface area contributed by atoms with E-state index in [0.29, 0.717) is 11.1 Å². The third-order valence-electron chi connectivity index (χ3n) is 4.04. The van der Waals surface area contributed by atoms with Crippen molar-refractivity contribution in [3.8, 4) is 11.1 Å². The summed E-state index contributed by atoms with van der Waals surface area (Å²) >= 11 is 0. The molecule has 0 bridgehead atoms. The maximum absolute atomic E-state index is 13.0. The lowest BCUT2D eigenvalue weighted by atomic mass is 9.99. The second kappa shape index (κ2) is 7.18. The highest BCUT2D eigenvalue weighted by atomic mass is 19.1. The van der Waals surface area contributed by atoms with Crippen LogP contribution in [0, 0.1) is 5.82 Å². The number of hydrogen-bond acceptors (Lipinski definition) is 3. The molecule has 6 nitrogen and oxygen atoms in total. The van der Waals surface area contributed by atoms with Gasteiger partial charge in [-0.1, -0.05) is 18.2 Å². The number of nitrogens with zero attached hydrogens (tertiary/aromatic N) is 1. The van der Waals surface area contributed by atoms with Crippen LogP contribution in [0.25, 0.3) is 11.1 Å². The summed E-state index contributed by atoms with van der Waals surface area (Å²) in [6.07, 6.45) is 3.09. The topological polar surface area (TPSA) is 95.1 Å². The van der Waals surface area contributed by atoms with E-state index in [4.69, 9.17) is 0 Å². The molecule has 26 heavy (non-hydrogen) atoms. The minimum absolute atomic E-state index is 0.00786. The maximum Gasteiger partial charge on any atom is 0.336 e. The highest BCUT2D eigenvalue weighted by molar-refractivity contribution is 6.01. The Bertz CT molecular complexity index is 937. The maximum atomic E-state index is 13.0. The van der Waals surface area contributed by atoms with Crippen molar-refractivity contribution in [2.45, 2.75) is 13.0 Å². The van der Waals surface area contributed by atoms with Crippen LogP contribution in [0.2, 0.25) is 0 Å². The summed E-state index contributed by atoms with van der Waals surface area (Å²) in [6.45, 7) is 1.77. The zero-order valence-corrected chi connectivity index (χ0v) is 13.9. The largest absolute Gasteiger partial charge is 0.478 e. The van der Waals surface area contributed by atoms with Crippen molar-refractivity contribution < 1.29 is 19.1 Å². The van der Waals surface area contributed by atoms with E-state index in [0.717, 1.165) is 5.56 Å².